The molecule has 0 saturated carbocycles. The summed E-state index contributed by atoms with van der Waals surface area (Å²) in [6.07, 6.45) is -5.57. The highest BCUT2D eigenvalue weighted by molar-refractivity contribution is 6.01. The van der Waals surface area contributed by atoms with Crippen LogP contribution in [0.5, 0.6) is 17.2 Å². The van der Waals surface area contributed by atoms with Gasteiger partial charge in [-0.3, -0.25) is 0 Å². The van der Waals surface area contributed by atoms with Gasteiger partial charge in [-0.25, -0.2) is 14.0 Å². The number of carbonyl (C=O) groups is 2. The second-order valence-corrected chi connectivity index (χ2v) is 9.02. The zero-order valence-electron chi connectivity index (χ0n) is 23.1. The van der Waals surface area contributed by atoms with Crippen LogP contribution >= 0.6 is 0 Å². The SMILES string of the molecule is COC(=O)c1cc(NC(=O)Nc2ccc(OC)c(OC)c2)ccc1OC(c1ccc(F)cc1)c1ccc(C(F)(F)F)cc1. The van der Waals surface area contributed by atoms with Gasteiger partial charge in [-0.2, -0.15) is 13.2 Å². The molecule has 12 heteroatoms. The predicted octanol–water partition coefficient (Wildman–Crippen LogP) is 7.46. The van der Waals surface area contributed by atoms with E-state index >= 15 is 0 Å². The Balaban J connectivity index is 1.62. The third-order valence-electron chi connectivity index (χ3n) is 6.24. The summed E-state index contributed by atoms with van der Waals surface area (Å²) >= 11 is 0. The van der Waals surface area contributed by atoms with Crippen LogP contribution in [0.1, 0.15) is 33.2 Å². The molecular formula is C31H26F4N2O6. The smallest absolute Gasteiger partial charge is 0.416 e. The average Bonchev–Trinajstić information content (AvgIpc) is 3.00. The van der Waals surface area contributed by atoms with Gasteiger partial charge in [-0.05, 0) is 65.7 Å². The zero-order valence-corrected chi connectivity index (χ0v) is 23.1. The molecule has 0 radical (unpaired) electrons. The van der Waals surface area contributed by atoms with E-state index < -0.39 is 35.7 Å². The Kier molecular flexibility index (Phi) is 9.39. The molecule has 2 N–H and O–H groups in total. The first-order chi connectivity index (χ1) is 20.5. The number of nitrogens with one attached hydrogen (secondary N) is 2. The van der Waals surface area contributed by atoms with E-state index in [1.54, 1.807) is 18.2 Å². The van der Waals surface area contributed by atoms with Crippen molar-refractivity contribution in [3.8, 4) is 17.2 Å². The molecule has 1 atom stereocenters. The number of carbonyl (C=O) groups excluding carboxylic acids is 2. The number of amides is 2. The molecular weight excluding hydrogens is 572 g/mol. The molecule has 1 unspecified atom stereocenters. The molecule has 0 fully saturated rings. The largest absolute Gasteiger partial charge is 0.493 e. The van der Waals surface area contributed by atoms with Crippen molar-refractivity contribution in [2.24, 2.45) is 0 Å². The van der Waals surface area contributed by atoms with E-state index in [1.165, 1.54) is 68.8 Å². The summed E-state index contributed by atoms with van der Waals surface area (Å²) in [5, 5.41) is 5.26. The van der Waals surface area contributed by atoms with Crippen LogP contribution in [-0.2, 0) is 10.9 Å². The van der Waals surface area contributed by atoms with E-state index in [0.717, 1.165) is 19.2 Å². The van der Waals surface area contributed by atoms with Gasteiger partial charge in [-0.15, -0.1) is 0 Å². The van der Waals surface area contributed by atoms with Crippen LogP contribution in [0.4, 0.5) is 33.7 Å². The number of hydrogen-bond acceptors (Lipinski definition) is 6. The van der Waals surface area contributed by atoms with E-state index in [2.05, 4.69) is 10.6 Å². The number of halogens is 4. The fraction of sp³-hybridized carbons (Fsp3) is 0.161. The minimum absolute atomic E-state index is 0.00641. The predicted molar refractivity (Wildman–Crippen MR) is 150 cm³/mol. The van der Waals surface area contributed by atoms with Crippen LogP contribution in [-0.4, -0.2) is 33.3 Å². The van der Waals surface area contributed by atoms with Crippen LogP contribution in [0.25, 0.3) is 0 Å². The molecule has 224 valence electrons. The molecule has 4 rings (SSSR count). The zero-order chi connectivity index (χ0) is 31.1. The maximum atomic E-state index is 13.7. The van der Waals surface area contributed by atoms with Crippen LogP contribution in [0.15, 0.2) is 84.9 Å². The number of benzene rings is 4. The molecule has 0 aliphatic rings. The van der Waals surface area contributed by atoms with E-state index in [0.29, 0.717) is 28.3 Å². The lowest BCUT2D eigenvalue weighted by molar-refractivity contribution is -0.137. The Bertz CT molecular complexity index is 1590. The van der Waals surface area contributed by atoms with Gasteiger partial charge in [0.2, 0.25) is 0 Å². The number of hydrogen-bond donors (Lipinski definition) is 2. The van der Waals surface area contributed by atoms with Crippen molar-refractivity contribution in [2.45, 2.75) is 12.3 Å². The van der Waals surface area contributed by atoms with E-state index in [4.69, 9.17) is 18.9 Å². The van der Waals surface area contributed by atoms with Crippen molar-refractivity contribution in [2.75, 3.05) is 32.0 Å². The van der Waals surface area contributed by atoms with Gasteiger partial charge in [0.15, 0.2) is 11.5 Å². The summed E-state index contributed by atoms with van der Waals surface area (Å²) in [6, 6.07) is 17.8. The Morgan fingerprint density at radius 1 is 0.698 bits per heavy atom. The summed E-state index contributed by atoms with van der Waals surface area (Å²) in [6.45, 7) is 0. The molecule has 0 aliphatic carbocycles. The van der Waals surface area contributed by atoms with Crippen molar-refractivity contribution in [3.63, 3.8) is 0 Å². The summed E-state index contributed by atoms with van der Waals surface area (Å²) in [7, 11) is 4.09. The molecule has 0 bridgehead atoms. The lowest BCUT2D eigenvalue weighted by atomic mass is 9.99. The monoisotopic (exact) mass is 598 g/mol. The van der Waals surface area contributed by atoms with Crippen LogP contribution in [0, 0.1) is 5.82 Å². The lowest BCUT2D eigenvalue weighted by Gasteiger charge is -2.22. The number of urea groups is 1. The van der Waals surface area contributed by atoms with Gasteiger partial charge in [0, 0.05) is 17.4 Å². The standard InChI is InChI=1S/C31H26F4N2O6/c1-40-26-15-13-23(17-27(26)41-2)37-30(39)36-22-12-14-25(24(16-22)29(38)42-3)43-28(19-6-10-21(32)11-7-19)18-4-8-20(9-5-18)31(33,34)35/h4-17,28H,1-3H3,(H2,36,37,39). The quantitative estimate of drug-likeness (QED) is 0.153. The van der Waals surface area contributed by atoms with E-state index in [9.17, 15) is 27.2 Å². The van der Waals surface area contributed by atoms with Gasteiger partial charge in [-0.1, -0.05) is 24.3 Å². The van der Waals surface area contributed by atoms with E-state index in [-0.39, 0.29) is 17.0 Å². The van der Waals surface area contributed by atoms with Gasteiger partial charge < -0.3 is 29.6 Å². The third-order valence-corrected chi connectivity index (χ3v) is 6.24. The molecule has 0 heterocycles. The molecule has 0 saturated heterocycles. The minimum Gasteiger partial charge on any atom is -0.493 e. The Morgan fingerprint density at radius 3 is 1.77 bits per heavy atom. The van der Waals surface area contributed by atoms with Crippen LogP contribution in [0.3, 0.4) is 0 Å². The minimum atomic E-state index is -4.54. The van der Waals surface area contributed by atoms with Crippen LogP contribution < -0.4 is 24.8 Å². The molecule has 0 spiro atoms. The van der Waals surface area contributed by atoms with Crippen molar-refractivity contribution >= 4 is 23.4 Å². The second kappa shape index (κ2) is 13.1. The Morgan fingerprint density at radius 2 is 1.23 bits per heavy atom. The number of rotatable bonds is 9. The molecule has 4 aromatic rings. The first-order valence-corrected chi connectivity index (χ1v) is 12.6. The molecule has 2 amide bonds. The highest BCUT2D eigenvalue weighted by Gasteiger charge is 2.31. The molecule has 8 nitrogen and oxygen atoms in total. The summed E-state index contributed by atoms with van der Waals surface area (Å²) < 4.78 is 74.6. The second-order valence-electron chi connectivity index (χ2n) is 9.02. The first-order valence-electron chi connectivity index (χ1n) is 12.6. The normalized spacial score (nSPS) is 11.7. The summed E-state index contributed by atoms with van der Waals surface area (Å²) in [5.41, 5.74) is 0.401. The van der Waals surface area contributed by atoms with E-state index in [1.807, 2.05) is 0 Å². The number of anilines is 2. The third kappa shape index (κ3) is 7.53. The molecule has 0 aromatic heterocycles. The maximum Gasteiger partial charge on any atom is 0.416 e. The average molecular weight is 599 g/mol. The number of alkyl halides is 3. The van der Waals surface area contributed by atoms with Crippen molar-refractivity contribution in [1.82, 2.24) is 0 Å². The number of ether oxygens (including phenoxy) is 4. The Hall–Kier alpha value is -5.26. The van der Waals surface area contributed by atoms with Crippen molar-refractivity contribution in [1.29, 1.82) is 0 Å². The van der Waals surface area contributed by atoms with Gasteiger partial charge in [0.1, 0.15) is 23.2 Å². The van der Waals surface area contributed by atoms with Crippen LogP contribution in [0.2, 0.25) is 0 Å². The first kappa shape index (κ1) is 30.7. The highest BCUT2D eigenvalue weighted by atomic mass is 19.4. The van der Waals surface area contributed by atoms with Gasteiger partial charge in [0.05, 0.1) is 26.9 Å². The maximum absolute atomic E-state index is 13.7. The molecule has 43 heavy (non-hydrogen) atoms. The number of methoxy groups -OCH3 is 3. The Labute approximate surface area is 244 Å². The topological polar surface area (TPSA) is 95.1 Å². The van der Waals surface area contributed by atoms with Crippen molar-refractivity contribution < 1.29 is 46.1 Å². The summed E-state index contributed by atoms with van der Waals surface area (Å²) in [5.74, 6) is -0.441. The molecule has 4 aromatic carbocycles. The number of esters is 1. The summed E-state index contributed by atoms with van der Waals surface area (Å²) in [4.78, 5) is 25.4. The lowest BCUT2D eigenvalue weighted by Crippen LogP contribution is -2.20. The van der Waals surface area contributed by atoms with Gasteiger partial charge in [0.25, 0.3) is 0 Å². The fourth-order valence-corrected chi connectivity index (χ4v) is 4.13. The van der Waals surface area contributed by atoms with Crippen molar-refractivity contribution in [3.05, 3.63) is 113 Å². The van der Waals surface area contributed by atoms with Gasteiger partial charge >= 0.3 is 18.2 Å². The molecule has 0 aliphatic heterocycles. The fourth-order valence-electron chi connectivity index (χ4n) is 4.13. The highest BCUT2D eigenvalue weighted by Crippen LogP contribution is 2.35.